The van der Waals surface area contributed by atoms with Crippen LogP contribution in [0.25, 0.3) is 5.69 Å². The van der Waals surface area contributed by atoms with Crippen LogP contribution in [0.4, 0.5) is 5.95 Å². The Morgan fingerprint density at radius 2 is 2.12 bits per heavy atom. The van der Waals surface area contributed by atoms with E-state index in [1.54, 1.807) is 22.9 Å². The van der Waals surface area contributed by atoms with Crippen molar-refractivity contribution in [2.45, 2.75) is 19.8 Å². The van der Waals surface area contributed by atoms with Crippen molar-refractivity contribution < 1.29 is 5.11 Å². The number of phenolic OH excluding ortho intramolecular Hbond substituents is 1. The number of hydrogen-bond acceptors (Lipinski definition) is 4. The highest BCUT2D eigenvalue weighted by Crippen LogP contribution is 2.20. The molecule has 84 valence electrons. The highest BCUT2D eigenvalue weighted by Gasteiger charge is 2.13. The lowest BCUT2D eigenvalue weighted by atomic mass is 10.2. The number of hydrogen-bond donors (Lipinski definition) is 2. The van der Waals surface area contributed by atoms with Gasteiger partial charge in [-0.15, -0.1) is 5.10 Å². The highest BCUT2D eigenvalue weighted by molar-refractivity contribution is 5.39. The van der Waals surface area contributed by atoms with Crippen molar-refractivity contribution in [3.05, 3.63) is 30.1 Å². The van der Waals surface area contributed by atoms with Crippen LogP contribution in [0.3, 0.4) is 0 Å². The second-order valence-corrected chi connectivity index (χ2v) is 3.91. The van der Waals surface area contributed by atoms with E-state index in [1.807, 2.05) is 19.9 Å². The van der Waals surface area contributed by atoms with Crippen LogP contribution in [0.2, 0.25) is 0 Å². The van der Waals surface area contributed by atoms with Crippen molar-refractivity contribution in [1.29, 1.82) is 0 Å². The average Bonchev–Trinajstić information content (AvgIpc) is 2.60. The molecule has 0 amide bonds. The van der Waals surface area contributed by atoms with Crippen molar-refractivity contribution >= 4 is 5.95 Å². The summed E-state index contributed by atoms with van der Waals surface area (Å²) in [5.41, 5.74) is 6.34. The van der Waals surface area contributed by atoms with Crippen molar-refractivity contribution in [3.8, 4) is 11.4 Å². The molecule has 0 saturated heterocycles. The first kappa shape index (κ1) is 10.5. The Hall–Kier alpha value is -2.04. The molecule has 5 nitrogen and oxygen atoms in total. The number of anilines is 1. The van der Waals surface area contributed by atoms with Crippen LogP contribution in [0.15, 0.2) is 24.3 Å². The van der Waals surface area contributed by atoms with Gasteiger partial charge >= 0.3 is 0 Å². The lowest BCUT2D eigenvalue weighted by Gasteiger charge is -2.07. The fraction of sp³-hybridized carbons (Fsp3) is 0.273. The van der Waals surface area contributed by atoms with E-state index >= 15 is 0 Å². The van der Waals surface area contributed by atoms with E-state index in [1.165, 1.54) is 0 Å². The number of benzene rings is 1. The van der Waals surface area contributed by atoms with Gasteiger partial charge in [-0.05, 0) is 12.1 Å². The van der Waals surface area contributed by atoms with E-state index in [0.29, 0.717) is 0 Å². The summed E-state index contributed by atoms with van der Waals surface area (Å²) in [4.78, 5) is 4.16. The summed E-state index contributed by atoms with van der Waals surface area (Å²) >= 11 is 0. The number of aromatic hydroxyl groups is 1. The number of nitrogens with zero attached hydrogens (tertiary/aromatic N) is 3. The van der Waals surface area contributed by atoms with Gasteiger partial charge in [0.2, 0.25) is 5.95 Å². The van der Waals surface area contributed by atoms with Crippen molar-refractivity contribution in [2.75, 3.05) is 5.73 Å². The summed E-state index contributed by atoms with van der Waals surface area (Å²) < 4.78 is 1.65. The predicted molar refractivity (Wildman–Crippen MR) is 61.5 cm³/mol. The van der Waals surface area contributed by atoms with Gasteiger partial charge < -0.3 is 10.8 Å². The molecular weight excluding hydrogens is 204 g/mol. The van der Waals surface area contributed by atoms with E-state index in [0.717, 1.165) is 11.5 Å². The smallest absolute Gasteiger partial charge is 0.240 e. The average molecular weight is 218 g/mol. The van der Waals surface area contributed by atoms with E-state index in [-0.39, 0.29) is 17.6 Å². The summed E-state index contributed by atoms with van der Waals surface area (Å²) in [5.74, 6) is 1.43. The van der Waals surface area contributed by atoms with Gasteiger partial charge in [0, 0.05) is 12.0 Å². The Labute approximate surface area is 93.5 Å². The minimum Gasteiger partial charge on any atom is -0.508 e. The van der Waals surface area contributed by atoms with Crippen LogP contribution in [-0.2, 0) is 0 Å². The molecule has 1 aromatic carbocycles. The Morgan fingerprint density at radius 3 is 2.75 bits per heavy atom. The minimum atomic E-state index is 0.196. The molecule has 16 heavy (non-hydrogen) atoms. The van der Waals surface area contributed by atoms with Crippen LogP contribution in [0.5, 0.6) is 5.75 Å². The van der Waals surface area contributed by atoms with E-state index < -0.39 is 0 Å². The van der Waals surface area contributed by atoms with E-state index in [9.17, 15) is 5.11 Å². The van der Waals surface area contributed by atoms with Gasteiger partial charge in [-0.25, -0.2) is 4.68 Å². The van der Waals surface area contributed by atoms with Crippen molar-refractivity contribution in [1.82, 2.24) is 14.8 Å². The van der Waals surface area contributed by atoms with Crippen molar-refractivity contribution in [3.63, 3.8) is 0 Å². The quantitative estimate of drug-likeness (QED) is 0.804. The number of rotatable bonds is 2. The molecule has 0 fully saturated rings. The fourth-order valence-electron chi connectivity index (χ4n) is 1.53. The molecule has 0 aliphatic carbocycles. The molecule has 0 aliphatic rings. The van der Waals surface area contributed by atoms with Gasteiger partial charge in [-0.3, -0.25) is 0 Å². The van der Waals surface area contributed by atoms with Crippen LogP contribution in [-0.4, -0.2) is 19.9 Å². The van der Waals surface area contributed by atoms with Gasteiger partial charge in [-0.1, -0.05) is 19.9 Å². The Kier molecular flexibility index (Phi) is 2.52. The zero-order valence-electron chi connectivity index (χ0n) is 9.25. The van der Waals surface area contributed by atoms with Gasteiger partial charge in [0.1, 0.15) is 11.6 Å². The molecule has 3 N–H and O–H groups in total. The highest BCUT2D eigenvalue weighted by atomic mass is 16.3. The summed E-state index contributed by atoms with van der Waals surface area (Å²) in [5, 5.41) is 13.5. The molecule has 0 bridgehead atoms. The first-order valence-corrected chi connectivity index (χ1v) is 5.10. The third-order valence-electron chi connectivity index (χ3n) is 2.24. The molecule has 0 aliphatic heterocycles. The SMILES string of the molecule is CC(C)c1nc(N)nn1-c1cccc(O)c1. The first-order valence-electron chi connectivity index (χ1n) is 5.10. The molecule has 0 radical (unpaired) electrons. The summed E-state index contributed by atoms with van der Waals surface area (Å²) in [6.45, 7) is 4.03. The van der Waals surface area contributed by atoms with Crippen LogP contribution < -0.4 is 5.73 Å². The maximum atomic E-state index is 9.42. The molecule has 5 heteroatoms. The molecule has 0 atom stereocenters. The molecule has 1 aromatic heterocycles. The second-order valence-electron chi connectivity index (χ2n) is 3.91. The maximum absolute atomic E-state index is 9.42. The summed E-state index contributed by atoms with van der Waals surface area (Å²) in [6.07, 6.45) is 0. The summed E-state index contributed by atoms with van der Waals surface area (Å²) in [7, 11) is 0. The zero-order valence-corrected chi connectivity index (χ0v) is 9.25. The Morgan fingerprint density at radius 1 is 1.38 bits per heavy atom. The zero-order chi connectivity index (χ0) is 11.7. The van der Waals surface area contributed by atoms with Gasteiger partial charge in [0.25, 0.3) is 0 Å². The monoisotopic (exact) mass is 218 g/mol. The van der Waals surface area contributed by atoms with E-state index in [4.69, 9.17) is 5.73 Å². The molecular formula is C11H14N4O. The minimum absolute atomic E-state index is 0.196. The maximum Gasteiger partial charge on any atom is 0.240 e. The lowest BCUT2D eigenvalue weighted by molar-refractivity contribution is 0.474. The molecule has 1 heterocycles. The van der Waals surface area contributed by atoms with Crippen LogP contribution in [0.1, 0.15) is 25.6 Å². The number of nitrogen functional groups attached to an aromatic ring is 1. The molecule has 0 unspecified atom stereocenters. The predicted octanol–water partition coefficient (Wildman–Crippen LogP) is 1.68. The van der Waals surface area contributed by atoms with Crippen LogP contribution >= 0.6 is 0 Å². The molecule has 0 saturated carbocycles. The van der Waals surface area contributed by atoms with Gasteiger partial charge in [-0.2, -0.15) is 4.98 Å². The lowest BCUT2D eigenvalue weighted by Crippen LogP contribution is -2.04. The fourth-order valence-corrected chi connectivity index (χ4v) is 1.53. The standard InChI is InChI=1S/C11H14N4O/c1-7(2)10-13-11(12)14-15(10)8-4-3-5-9(16)6-8/h3-7,16H,1-2H3,(H2,12,14). The van der Waals surface area contributed by atoms with Crippen molar-refractivity contribution in [2.24, 2.45) is 0 Å². The van der Waals surface area contributed by atoms with Crippen LogP contribution in [0, 0.1) is 0 Å². The number of nitrogens with two attached hydrogens (primary N) is 1. The largest absolute Gasteiger partial charge is 0.508 e. The van der Waals surface area contributed by atoms with Gasteiger partial charge in [0.15, 0.2) is 0 Å². The van der Waals surface area contributed by atoms with Gasteiger partial charge in [0.05, 0.1) is 5.69 Å². The number of phenols is 1. The third-order valence-corrected chi connectivity index (χ3v) is 2.24. The Bertz CT molecular complexity index is 504. The Balaban J connectivity index is 2.55. The first-order chi connectivity index (χ1) is 7.58. The summed E-state index contributed by atoms with van der Waals surface area (Å²) in [6, 6.07) is 6.84. The molecule has 0 spiro atoms. The number of aromatic nitrogens is 3. The topological polar surface area (TPSA) is 77.0 Å². The third kappa shape index (κ3) is 1.84. The van der Waals surface area contributed by atoms with E-state index in [2.05, 4.69) is 10.1 Å². The molecule has 2 rings (SSSR count). The normalized spacial score (nSPS) is 10.9. The molecule has 2 aromatic rings. The second kappa shape index (κ2) is 3.84.